The van der Waals surface area contributed by atoms with Crippen LogP contribution >= 0.6 is 0 Å². The third-order valence-electron chi connectivity index (χ3n) is 5.42. The Balaban J connectivity index is 1.51. The third-order valence-corrected chi connectivity index (χ3v) is 5.42. The van der Waals surface area contributed by atoms with E-state index >= 15 is 0 Å². The molecule has 2 heterocycles. The Kier molecular flexibility index (Phi) is 6.27. The van der Waals surface area contributed by atoms with Crippen molar-refractivity contribution in [3.05, 3.63) is 35.9 Å². The number of hydrogen-bond donors (Lipinski definition) is 1. The first kappa shape index (κ1) is 18.9. The van der Waals surface area contributed by atoms with Crippen LogP contribution in [0, 0.1) is 0 Å². The molecule has 0 radical (unpaired) electrons. The first-order chi connectivity index (χ1) is 12.6. The molecule has 2 amide bonds. The van der Waals surface area contributed by atoms with E-state index in [0.29, 0.717) is 58.7 Å². The van der Waals surface area contributed by atoms with Gasteiger partial charge in [-0.25, -0.2) is 0 Å². The van der Waals surface area contributed by atoms with Crippen LogP contribution in [-0.4, -0.2) is 66.5 Å². The lowest BCUT2D eigenvalue weighted by atomic mass is 9.89. The van der Waals surface area contributed by atoms with Crippen LogP contribution in [0.2, 0.25) is 0 Å². The fraction of sp³-hybridized carbons (Fsp3) is 0.600. The highest BCUT2D eigenvalue weighted by Crippen LogP contribution is 2.21. The lowest BCUT2D eigenvalue weighted by Crippen LogP contribution is -2.58. The summed E-state index contributed by atoms with van der Waals surface area (Å²) in [5, 5.41) is 0. The van der Waals surface area contributed by atoms with Crippen LogP contribution < -0.4 is 5.73 Å². The quantitative estimate of drug-likeness (QED) is 0.876. The van der Waals surface area contributed by atoms with Gasteiger partial charge in [-0.15, -0.1) is 0 Å². The maximum absolute atomic E-state index is 12.9. The van der Waals surface area contributed by atoms with Gasteiger partial charge in [-0.2, -0.15) is 0 Å². The topological polar surface area (TPSA) is 75.9 Å². The van der Waals surface area contributed by atoms with E-state index in [9.17, 15) is 9.59 Å². The molecule has 6 heteroatoms. The number of ether oxygens (including phenoxy) is 1. The molecule has 0 atom stereocenters. The third kappa shape index (κ3) is 4.62. The Hall–Kier alpha value is -1.92. The smallest absolute Gasteiger partial charge is 0.242 e. The number of benzene rings is 1. The summed E-state index contributed by atoms with van der Waals surface area (Å²) in [5.74, 6) is 0.177. The lowest BCUT2D eigenvalue weighted by molar-refractivity contribution is -0.141. The van der Waals surface area contributed by atoms with Gasteiger partial charge < -0.3 is 20.3 Å². The van der Waals surface area contributed by atoms with Crippen molar-refractivity contribution in [3.63, 3.8) is 0 Å². The second-order valence-corrected chi connectivity index (χ2v) is 7.28. The highest BCUT2D eigenvalue weighted by atomic mass is 16.5. The molecule has 2 aliphatic rings. The van der Waals surface area contributed by atoms with Crippen LogP contribution in [0.4, 0.5) is 0 Å². The van der Waals surface area contributed by atoms with Crippen LogP contribution in [0.3, 0.4) is 0 Å². The Labute approximate surface area is 155 Å². The van der Waals surface area contributed by atoms with Crippen molar-refractivity contribution in [2.24, 2.45) is 5.73 Å². The van der Waals surface area contributed by atoms with Gasteiger partial charge in [-0.3, -0.25) is 9.59 Å². The normalized spacial score (nSPS) is 20.5. The molecule has 0 aromatic heterocycles. The van der Waals surface area contributed by atoms with Crippen molar-refractivity contribution in [2.45, 2.75) is 37.6 Å². The summed E-state index contributed by atoms with van der Waals surface area (Å²) < 4.78 is 5.34. The van der Waals surface area contributed by atoms with Crippen molar-refractivity contribution < 1.29 is 14.3 Å². The zero-order valence-corrected chi connectivity index (χ0v) is 15.4. The van der Waals surface area contributed by atoms with E-state index in [1.54, 1.807) is 0 Å². The number of aryl methyl sites for hydroxylation is 1. The molecule has 0 aliphatic carbocycles. The highest BCUT2D eigenvalue weighted by molar-refractivity contribution is 5.86. The lowest BCUT2D eigenvalue weighted by Gasteiger charge is -2.36. The molecular weight excluding hydrogens is 330 g/mol. The molecule has 2 saturated heterocycles. The maximum atomic E-state index is 12.9. The zero-order valence-electron chi connectivity index (χ0n) is 15.4. The standard InChI is InChI=1S/C20H29N3O3/c21-20(9-15-26-16-10-20)19(25)23-12-4-11-22(13-14-23)18(24)8-7-17-5-2-1-3-6-17/h1-3,5-6H,4,7-16,21H2. The number of carbonyl (C=O) groups is 2. The maximum Gasteiger partial charge on any atom is 0.242 e. The number of nitrogens with zero attached hydrogens (tertiary/aromatic N) is 2. The first-order valence-corrected chi connectivity index (χ1v) is 9.56. The molecule has 1 aromatic carbocycles. The van der Waals surface area contributed by atoms with Crippen molar-refractivity contribution in [1.29, 1.82) is 0 Å². The van der Waals surface area contributed by atoms with Gasteiger partial charge in [0.25, 0.3) is 0 Å². The molecule has 0 spiro atoms. The minimum atomic E-state index is -0.801. The molecule has 2 aliphatic heterocycles. The number of carbonyl (C=O) groups excluding carboxylic acids is 2. The van der Waals surface area contributed by atoms with Gasteiger partial charge in [0.1, 0.15) is 0 Å². The zero-order chi connectivity index (χ0) is 18.4. The van der Waals surface area contributed by atoms with Gasteiger partial charge >= 0.3 is 0 Å². The molecule has 0 saturated carbocycles. The van der Waals surface area contributed by atoms with E-state index < -0.39 is 5.54 Å². The Morgan fingerprint density at radius 1 is 1.00 bits per heavy atom. The van der Waals surface area contributed by atoms with E-state index in [1.165, 1.54) is 5.56 Å². The highest BCUT2D eigenvalue weighted by Gasteiger charge is 2.39. The van der Waals surface area contributed by atoms with Gasteiger partial charge in [-0.05, 0) is 31.2 Å². The minimum absolute atomic E-state index is 0.0133. The van der Waals surface area contributed by atoms with E-state index in [4.69, 9.17) is 10.5 Å². The van der Waals surface area contributed by atoms with Crippen molar-refractivity contribution >= 4 is 11.8 Å². The average molecular weight is 359 g/mol. The summed E-state index contributed by atoms with van der Waals surface area (Å²) in [6, 6.07) is 10.1. The van der Waals surface area contributed by atoms with Gasteiger partial charge in [0, 0.05) is 45.8 Å². The van der Waals surface area contributed by atoms with Crippen molar-refractivity contribution in [3.8, 4) is 0 Å². The number of amides is 2. The summed E-state index contributed by atoms with van der Waals surface area (Å²) in [6.07, 6.45) is 3.21. The van der Waals surface area contributed by atoms with Crippen LogP contribution in [0.25, 0.3) is 0 Å². The predicted molar refractivity (Wildman–Crippen MR) is 99.5 cm³/mol. The summed E-state index contributed by atoms with van der Waals surface area (Å²) in [4.78, 5) is 29.1. The van der Waals surface area contributed by atoms with Gasteiger partial charge in [0.15, 0.2) is 0 Å². The molecule has 6 nitrogen and oxygen atoms in total. The van der Waals surface area contributed by atoms with E-state index in [2.05, 4.69) is 0 Å². The first-order valence-electron chi connectivity index (χ1n) is 9.56. The molecular formula is C20H29N3O3. The van der Waals surface area contributed by atoms with Crippen LogP contribution in [0.5, 0.6) is 0 Å². The predicted octanol–water partition coefficient (Wildman–Crippen LogP) is 1.19. The Morgan fingerprint density at radius 3 is 2.38 bits per heavy atom. The Morgan fingerprint density at radius 2 is 1.65 bits per heavy atom. The summed E-state index contributed by atoms with van der Waals surface area (Å²) in [6.45, 7) is 3.61. The molecule has 3 rings (SSSR count). The largest absolute Gasteiger partial charge is 0.381 e. The van der Waals surface area contributed by atoms with Crippen LogP contribution in [0.1, 0.15) is 31.2 Å². The van der Waals surface area contributed by atoms with Crippen molar-refractivity contribution in [2.75, 3.05) is 39.4 Å². The minimum Gasteiger partial charge on any atom is -0.381 e. The summed E-state index contributed by atoms with van der Waals surface area (Å²) >= 11 is 0. The number of nitrogens with two attached hydrogens (primary N) is 1. The van der Waals surface area contributed by atoms with Gasteiger partial charge in [0.2, 0.25) is 11.8 Å². The SMILES string of the molecule is NC1(C(=O)N2CCCN(C(=O)CCc3ccccc3)CC2)CCOCC1. The fourth-order valence-electron chi connectivity index (χ4n) is 3.69. The molecule has 2 fully saturated rings. The van der Waals surface area contributed by atoms with E-state index in [0.717, 1.165) is 12.8 Å². The monoisotopic (exact) mass is 359 g/mol. The fourth-order valence-corrected chi connectivity index (χ4v) is 3.69. The second-order valence-electron chi connectivity index (χ2n) is 7.28. The Bertz CT molecular complexity index is 614. The van der Waals surface area contributed by atoms with Gasteiger partial charge in [0.05, 0.1) is 5.54 Å². The molecule has 26 heavy (non-hydrogen) atoms. The second kappa shape index (κ2) is 8.64. The van der Waals surface area contributed by atoms with E-state index in [-0.39, 0.29) is 11.8 Å². The molecule has 0 unspecified atom stereocenters. The van der Waals surface area contributed by atoms with Gasteiger partial charge in [-0.1, -0.05) is 30.3 Å². The number of hydrogen-bond acceptors (Lipinski definition) is 4. The summed E-state index contributed by atoms with van der Waals surface area (Å²) in [5.41, 5.74) is 6.72. The number of rotatable bonds is 4. The summed E-state index contributed by atoms with van der Waals surface area (Å²) in [7, 11) is 0. The molecule has 1 aromatic rings. The van der Waals surface area contributed by atoms with Crippen molar-refractivity contribution in [1.82, 2.24) is 9.80 Å². The van der Waals surface area contributed by atoms with E-state index in [1.807, 2.05) is 40.1 Å². The molecule has 0 bridgehead atoms. The average Bonchev–Trinajstić information content (AvgIpc) is 2.93. The molecule has 142 valence electrons. The van der Waals surface area contributed by atoms with Crippen LogP contribution in [0.15, 0.2) is 30.3 Å². The molecule has 2 N–H and O–H groups in total. The van der Waals surface area contributed by atoms with Crippen LogP contribution in [-0.2, 0) is 20.7 Å².